The van der Waals surface area contributed by atoms with Crippen LogP contribution in [-0.4, -0.2) is 41.1 Å². The summed E-state index contributed by atoms with van der Waals surface area (Å²) in [6.45, 7) is 6.46. The van der Waals surface area contributed by atoms with E-state index in [4.69, 9.17) is 0 Å². The third-order valence-electron chi connectivity index (χ3n) is 6.66. The summed E-state index contributed by atoms with van der Waals surface area (Å²) in [5.41, 5.74) is 5.11. The second-order valence-corrected chi connectivity index (χ2v) is 8.87. The highest BCUT2D eigenvalue weighted by atomic mass is 16.3. The van der Waals surface area contributed by atoms with E-state index in [0.717, 1.165) is 38.2 Å². The van der Waals surface area contributed by atoms with Gasteiger partial charge in [-0.15, -0.1) is 0 Å². The van der Waals surface area contributed by atoms with Gasteiger partial charge in [0.05, 0.1) is 0 Å². The molecule has 0 aromatic heterocycles. The fraction of sp³-hybridized carbons (Fsp3) is 0.538. The SMILES string of the molecule is Oc1c(CN2CCCCCC2)ccc2c1CCN(CCCCc1ccccc1)C2. The Balaban J connectivity index is 1.28. The lowest BCUT2D eigenvalue weighted by atomic mass is 9.95. The third-order valence-corrected chi connectivity index (χ3v) is 6.66. The van der Waals surface area contributed by atoms with E-state index >= 15 is 0 Å². The molecule has 2 aromatic rings. The van der Waals surface area contributed by atoms with E-state index in [0.29, 0.717) is 5.75 Å². The highest BCUT2D eigenvalue weighted by Gasteiger charge is 2.21. The minimum atomic E-state index is 0.579. The lowest BCUT2D eigenvalue weighted by molar-refractivity contribution is 0.245. The van der Waals surface area contributed by atoms with E-state index in [9.17, 15) is 5.11 Å². The van der Waals surface area contributed by atoms with E-state index in [1.165, 1.54) is 74.7 Å². The van der Waals surface area contributed by atoms with Crippen LogP contribution in [0.2, 0.25) is 0 Å². The van der Waals surface area contributed by atoms with Gasteiger partial charge in [-0.05, 0) is 74.8 Å². The molecule has 2 aliphatic heterocycles. The maximum absolute atomic E-state index is 10.9. The van der Waals surface area contributed by atoms with Crippen molar-refractivity contribution < 1.29 is 5.11 Å². The molecule has 0 spiro atoms. The van der Waals surface area contributed by atoms with Crippen molar-refractivity contribution in [2.24, 2.45) is 0 Å². The molecule has 156 valence electrons. The molecule has 1 N–H and O–H groups in total. The van der Waals surface area contributed by atoms with Gasteiger partial charge in [0.15, 0.2) is 0 Å². The van der Waals surface area contributed by atoms with Crippen molar-refractivity contribution in [1.29, 1.82) is 0 Å². The van der Waals surface area contributed by atoms with Crippen LogP contribution in [0.4, 0.5) is 0 Å². The molecule has 2 aromatic carbocycles. The molecule has 0 unspecified atom stereocenters. The molecule has 4 rings (SSSR count). The first-order valence-corrected chi connectivity index (χ1v) is 11.6. The van der Waals surface area contributed by atoms with Gasteiger partial charge in [0.25, 0.3) is 0 Å². The van der Waals surface area contributed by atoms with Crippen molar-refractivity contribution in [3.8, 4) is 5.75 Å². The highest BCUT2D eigenvalue weighted by molar-refractivity contribution is 5.46. The van der Waals surface area contributed by atoms with Gasteiger partial charge in [0, 0.05) is 25.2 Å². The van der Waals surface area contributed by atoms with Crippen LogP contribution < -0.4 is 0 Å². The van der Waals surface area contributed by atoms with Crippen molar-refractivity contribution in [2.45, 2.75) is 64.5 Å². The number of rotatable bonds is 7. The molecule has 0 atom stereocenters. The number of fused-ring (bicyclic) bond motifs is 1. The van der Waals surface area contributed by atoms with E-state index < -0.39 is 0 Å². The minimum absolute atomic E-state index is 0.579. The van der Waals surface area contributed by atoms with Crippen LogP contribution in [0.5, 0.6) is 5.75 Å². The van der Waals surface area contributed by atoms with Crippen LogP contribution in [0.1, 0.15) is 60.8 Å². The molecule has 0 bridgehead atoms. The zero-order valence-electron chi connectivity index (χ0n) is 17.8. The molecule has 0 saturated carbocycles. The third kappa shape index (κ3) is 5.61. The average molecular weight is 393 g/mol. The fourth-order valence-corrected chi connectivity index (χ4v) is 4.91. The van der Waals surface area contributed by atoms with Gasteiger partial charge in [0.2, 0.25) is 0 Å². The number of nitrogens with zero attached hydrogens (tertiary/aromatic N) is 2. The summed E-state index contributed by atoms with van der Waals surface area (Å²) in [5.74, 6) is 0.579. The van der Waals surface area contributed by atoms with Crippen molar-refractivity contribution in [3.63, 3.8) is 0 Å². The number of phenols is 1. The van der Waals surface area contributed by atoms with Crippen LogP contribution >= 0.6 is 0 Å². The molecule has 29 heavy (non-hydrogen) atoms. The number of aryl methyl sites for hydroxylation is 1. The lowest BCUT2D eigenvalue weighted by Crippen LogP contribution is -2.31. The summed E-state index contributed by atoms with van der Waals surface area (Å²) in [6.07, 6.45) is 9.94. The summed E-state index contributed by atoms with van der Waals surface area (Å²) in [4.78, 5) is 5.08. The van der Waals surface area contributed by atoms with E-state index in [-0.39, 0.29) is 0 Å². The van der Waals surface area contributed by atoms with Crippen LogP contribution in [0.3, 0.4) is 0 Å². The maximum atomic E-state index is 10.9. The largest absolute Gasteiger partial charge is 0.507 e. The molecule has 3 nitrogen and oxygen atoms in total. The van der Waals surface area contributed by atoms with E-state index in [1.807, 2.05) is 0 Å². The quantitative estimate of drug-likeness (QED) is 0.660. The van der Waals surface area contributed by atoms with Gasteiger partial charge in [-0.25, -0.2) is 0 Å². The van der Waals surface area contributed by atoms with Crippen molar-refractivity contribution >= 4 is 0 Å². The molecule has 2 heterocycles. The number of unbranched alkanes of at least 4 members (excludes halogenated alkanes) is 1. The van der Waals surface area contributed by atoms with Crippen LogP contribution in [0.15, 0.2) is 42.5 Å². The molecule has 3 heteroatoms. The van der Waals surface area contributed by atoms with E-state index in [1.54, 1.807) is 0 Å². The molecule has 2 aliphatic rings. The lowest BCUT2D eigenvalue weighted by Gasteiger charge is -2.30. The first kappa shape index (κ1) is 20.4. The van der Waals surface area contributed by atoms with Crippen LogP contribution in [0.25, 0.3) is 0 Å². The second kappa shape index (κ2) is 10.3. The van der Waals surface area contributed by atoms with Crippen LogP contribution in [-0.2, 0) is 25.9 Å². The van der Waals surface area contributed by atoms with Gasteiger partial charge >= 0.3 is 0 Å². The number of hydrogen-bond acceptors (Lipinski definition) is 3. The standard InChI is InChI=1S/C26H36N2O/c29-26-24(21-27-16-7-1-2-8-17-27)14-13-23-20-28(19-15-25(23)26)18-9-6-12-22-10-4-3-5-11-22/h3-5,10-11,13-14,29H,1-2,6-9,12,15-21H2. The van der Waals surface area contributed by atoms with E-state index in [2.05, 4.69) is 52.3 Å². The number of aromatic hydroxyl groups is 1. The second-order valence-electron chi connectivity index (χ2n) is 8.87. The molecular formula is C26H36N2O. The Hall–Kier alpha value is -1.84. The Bertz CT molecular complexity index is 766. The number of phenolic OH excluding ortho intramolecular Hbond substituents is 1. The molecule has 1 saturated heterocycles. The normalized spacial score (nSPS) is 18.3. The number of hydrogen-bond donors (Lipinski definition) is 1. The number of benzene rings is 2. The number of likely N-dealkylation sites (tertiary alicyclic amines) is 1. The van der Waals surface area contributed by atoms with Gasteiger partial charge < -0.3 is 5.11 Å². The van der Waals surface area contributed by atoms with Gasteiger partial charge in [0.1, 0.15) is 5.75 Å². The van der Waals surface area contributed by atoms with Crippen LogP contribution in [0, 0.1) is 0 Å². The molecule has 1 fully saturated rings. The first-order valence-electron chi connectivity index (χ1n) is 11.6. The van der Waals surface area contributed by atoms with Crippen molar-refractivity contribution in [3.05, 3.63) is 64.7 Å². The Labute approximate surface area is 176 Å². The summed E-state index contributed by atoms with van der Waals surface area (Å²) >= 11 is 0. The Morgan fingerprint density at radius 3 is 2.38 bits per heavy atom. The smallest absolute Gasteiger partial charge is 0.123 e. The maximum Gasteiger partial charge on any atom is 0.123 e. The van der Waals surface area contributed by atoms with Crippen molar-refractivity contribution in [1.82, 2.24) is 9.80 Å². The molecule has 0 radical (unpaired) electrons. The van der Waals surface area contributed by atoms with Crippen molar-refractivity contribution in [2.75, 3.05) is 26.2 Å². The zero-order chi connectivity index (χ0) is 19.9. The summed E-state index contributed by atoms with van der Waals surface area (Å²) in [7, 11) is 0. The predicted molar refractivity (Wildman–Crippen MR) is 120 cm³/mol. The monoisotopic (exact) mass is 392 g/mol. The summed E-state index contributed by atoms with van der Waals surface area (Å²) < 4.78 is 0. The minimum Gasteiger partial charge on any atom is -0.507 e. The topological polar surface area (TPSA) is 26.7 Å². The predicted octanol–water partition coefficient (Wildman–Crippen LogP) is 5.15. The molecule has 0 amide bonds. The average Bonchev–Trinajstić information content (AvgIpc) is 3.03. The van der Waals surface area contributed by atoms with Gasteiger partial charge in [-0.3, -0.25) is 9.80 Å². The Morgan fingerprint density at radius 1 is 0.793 bits per heavy atom. The van der Waals surface area contributed by atoms with Gasteiger partial charge in [-0.2, -0.15) is 0 Å². The molecule has 0 aliphatic carbocycles. The summed E-state index contributed by atoms with van der Waals surface area (Å²) in [6, 6.07) is 15.3. The molecular weight excluding hydrogens is 356 g/mol. The Kier molecular flexibility index (Phi) is 7.23. The zero-order valence-corrected chi connectivity index (χ0v) is 17.8. The summed E-state index contributed by atoms with van der Waals surface area (Å²) in [5, 5.41) is 10.9. The Morgan fingerprint density at radius 2 is 1.59 bits per heavy atom. The first-order chi connectivity index (χ1) is 14.3. The van der Waals surface area contributed by atoms with Gasteiger partial charge in [-0.1, -0.05) is 55.3 Å². The fourth-order valence-electron chi connectivity index (χ4n) is 4.91. The highest BCUT2D eigenvalue weighted by Crippen LogP contribution is 2.32.